The van der Waals surface area contributed by atoms with E-state index in [1.165, 1.54) is 0 Å². The lowest BCUT2D eigenvalue weighted by Crippen LogP contribution is -2.44. The Morgan fingerprint density at radius 2 is 1.86 bits per heavy atom. The van der Waals surface area contributed by atoms with Gasteiger partial charge >= 0.3 is 0 Å². The Bertz CT molecular complexity index is 1020. The molecule has 1 N–H and O–H groups in total. The second kappa shape index (κ2) is 7.54. The van der Waals surface area contributed by atoms with Crippen LogP contribution in [0.3, 0.4) is 0 Å². The van der Waals surface area contributed by atoms with E-state index in [0.717, 1.165) is 16.8 Å². The Balaban J connectivity index is 1.70. The number of hydrogen-bond donors (Lipinski definition) is 1. The number of para-hydroxylation sites is 1. The second-order valence-electron chi connectivity index (χ2n) is 7.59. The average Bonchev–Trinajstić information content (AvgIpc) is 3.31. The smallest absolute Gasteiger partial charge is 0.238 e. The van der Waals surface area contributed by atoms with Gasteiger partial charge in [-0.25, -0.2) is 4.98 Å². The lowest BCUT2D eigenvalue weighted by molar-refractivity contribution is -0.135. The van der Waals surface area contributed by atoms with Gasteiger partial charge < -0.3 is 14.8 Å². The molecule has 6 nitrogen and oxygen atoms in total. The van der Waals surface area contributed by atoms with Crippen LogP contribution in [0.25, 0.3) is 0 Å². The number of nitrogens with one attached hydrogen (secondary N) is 1. The third-order valence-corrected chi connectivity index (χ3v) is 5.66. The molecule has 1 aliphatic heterocycles. The quantitative estimate of drug-likeness (QED) is 0.706. The fourth-order valence-electron chi connectivity index (χ4n) is 4.16. The Morgan fingerprint density at radius 3 is 2.59 bits per heavy atom. The minimum absolute atomic E-state index is 0.0395. The average molecular weight is 388 g/mol. The number of anilines is 1. The number of rotatable bonds is 6. The Morgan fingerprint density at radius 1 is 1.14 bits per heavy atom. The van der Waals surface area contributed by atoms with Crippen molar-refractivity contribution in [2.75, 3.05) is 19.0 Å². The maximum Gasteiger partial charge on any atom is 0.238 e. The molecule has 2 aromatic carbocycles. The zero-order chi connectivity index (χ0) is 20.4. The van der Waals surface area contributed by atoms with E-state index in [-0.39, 0.29) is 18.2 Å². The molecule has 0 spiro atoms. The molecule has 0 unspecified atom stereocenters. The molecule has 0 radical (unpaired) electrons. The molecule has 2 heterocycles. The first-order chi connectivity index (χ1) is 14.0. The Kier molecular flexibility index (Phi) is 4.92. The van der Waals surface area contributed by atoms with Gasteiger partial charge in [0, 0.05) is 38.6 Å². The van der Waals surface area contributed by atoms with Crippen LogP contribution in [-0.4, -0.2) is 40.8 Å². The number of hydrogen-bond acceptors (Lipinski definition) is 3. The van der Waals surface area contributed by atoms with Crippen LogP contribution >= 0.6 is 0 Å². The van der Waals surface area contributed by atoms with Crippen molar-refractivity contribution in [1.29, 1.82) is 0 Å². The number of carbonyl (C=O) groups is 2. The van der Waals surface area contributed by atoms with E-state index in [9.17, 15) is 9.59 Å². The fraction of sp³-hybridized carbons (Fsp3) is 0.261. The van der Waals surface area contributed by atoms with Crippen molar-refractivity contribution in [3.63, 3.8) is 0 Å². The van der Waals surface area contributed by atoms with Crippen LogP contribution in [0.1, 0.15) is 23.4 Å². The molecule has 0 aliphatic carbocycles. The van der Waals surface area contributed by atoms with Gasteiger partial charge in [-0.2, -0.15) is 0 Å². The number of amides is 2. The molecule has 0 bridgehead atoms. The number of aromatic nitrogens is 2. The number of aromatic amines is 1. The minimum atomic E-state index is -0.915. The third-order valence-electron chi connectivity index (χ3n) is 5.66. The molecule has 0 fully saturated rings. The number of likely N-dealkylation sites (N-methyl/N-ethyl adjacent to an activating group) is 1. The summed E-state index contributed by atoms with van der Waals surface area (Å²) < 4.78 is 0. The van der Waals surface area contributed by atoms with Crippen molar-refractivity contribution in [1.82, 2.24) is 14.9 Å². The van der Waals surface area contributed by atoms with Gasteiger partial charge in [0.15, 0.2) is 0 Å². The molecule has 1 aliphatic rings. The molecule has 6 heteroatoms. The SMILES string of the molecule is CN(Cc1ncc[nH]1)C(=O)C[C@]1(Cc2ccccc2)C(=O)N(C)c2ccccc21. The Hall–Kier alpha value is -3.41. The first-order valence-electron chi connectivity index (χ1n) is 9.65. The van der Waals surface area contributed by atoms with Crippen LogP contribution in [0.5, 0.6) is 0 Å². The number of nitrogens with zero attached hydrogens (tertiary/aromatic N) is 3. The first-order valence-corrected chi connectivity index (χ1v) is 9.65. The van der Waals surface area contributed by atoms with Crippen molar-refractivity contribution in [2.45, 2.75) is 24.8 Å². The largest absolute Gasteiger partial charge is 0.347 e. The highest BCUT2D eigenvalue weighted by Gasteiger charge is 2.51. The summed E-state index contributed by atoms with van der Waals surface area (Å²) in [6, 6.07) is 17.7. The molecule has 1 aromatic heterocycles. The summed E-state index contributed by atoms with van der Waals surface area (Å²) in [4.78, 5) is 37.2. The minimum Gasteiger partial charge on any atom is -0.347 e. The van der Waals surface area contributed by atoms with Crippen LogP contribution in [0, 0.1) is 0 Å². The predicted molar refractivity (Wildman–Crippen MR) is 111 cm³/mol. The standard InChI is InChI=1S/C23H24N4O2/c1-26(16-20-24-12-13-25-20)21(28)15-23(14-17-8-4-3-5-9-17)18-10-6-7-11-19(18)27(2)22(23)29/h3-13H,14-16H2,1-2H3,(H,24,25)/t23-/m0/s1. The van der Waals surface area contributed by atoms with E-state index in [1.54, 1.807) is 36.3 Å². The highest BCUT2D eigenvalue weighted by molar-refractivity contribution is 6.09. The van der Waals surface area contributed by atoms with E-state index in [4.69, 9.17) is 0 Å². The number of fused-ring (bicyclic) bond motifs is 1. The van der Waals surface area contributed by atoms with Gasteiger partial charge in [-0.3, -0.25) is 9.59 Å². The van der Waals surface area contributed by atoms with Gasteiger partial charge in [-0.15, -0.1) is 0 Å². The number of H-pyrrole nitrogens is 1. The first kappa shape index (κ1) is 18.9. The molecule has 29 heavy (non-hydrogen) atoms. The topological polar surface area (TPSA) is 69.3 Å². The Labute approximate surface area is 170 Å². The van der Waals surface area contributed by atoms with Gasteiger partial charge in [0.25, 0.3) is 0 Å². The summed E-state index contributed by atoms with van der Waals surface area (Å²) in [5.74, 6) is 0.589. The van der Waals surface area contributed by atoms with Gasteiger partial charge in [0.1, 0.15) is 5.82 Å². The van der Waals surface area contributed by atoms with Crippen LogP contribution < -0.4 is 4.90 Å². The highest BCUT2D eigenvalue weighted by atomic mass is 16.2. The number of imidazole rings is 1. The van der Waals surface area contributed by atoms with Gasteiger partial charge in [0.2, 0.25) is 11.8 Å². The lowest BCUT2D eigenvalue weighted by atomic mass is 9.73. The molecule has 0 saturated carbocycles. The number of benzene rings is 2. The molecule has 0 saturated heterocycles. The summed E-state index contributed by atoms with van der Waals surface area (Å²) in [6.45, 7) is 0.374. The highest BCUT2D eigenvalue weighted by Crippen LogP contribution is 2.45. The monoisotopic (exact) mass is 388 g/mol. The van der Waals surface area contributed by atoms with Crippen molar-refractivity contribution in [3.05, 3.63) is 83.9 Å². The van der Waals surface area contributed by atoms with Crippen molar-refractivity contribution in [2.24, 2.45) is 0 Å². The van der Waals surface area contributed by atoms with E-state index < -0.39 is 5.41 Å². The molecule has 3 aromatic rings. The van der Waals surface area contributed by atoms with Gasteiger partial charge in [-0.05, 0) is 23.6 Å². The molecule has 2 amide bonds. The summed E-state index contributed by atoms with van der Waals surface area (Å²) in [5.41, 5.74) is 1.90. The zero-order valence-electron chi connectivity index (χ0n) is 16.6. The van der Waals surface area contributed by atoms with Crippen molar-refractivity contribution >= 4 is 17.5 Å². The van der Waals surface area contributed by atoms with E-state index in [0.29, 0.717) is 18.8 Å². The van der Waals surface area contributed by atoms with Crippen LogP contribution in [0.2, 0.25) is 0 Å². The van der Waals surface area contributed by atoms with E-state index >= 15 is 0 Å². The summed E-state index contributed by atoms with van der Waals surface area (Å²) >= 11 is 0. The van der Waals surface area contributed by atoms with Crippen LogP contribution in [-0.2, 0) is 28.0 Å². The van der Waals surface area contributed by atoms with Gasteiger partial charge in [-0.1, -0.05) is 48.5 Å². The summed E-state index contributed by atoms with van der Waals surface area (Å²) in [5, 5.41) is 0. The molecule has 4 rings (SSSR count). The van der Waals surface area contributed by atoms with Crippen molar-refractivity contribution < 1.29 is 9.59 Å². The maximum atomic E-state index is 13.5. The van der Waals surface area contributed by atoms with E-state index in [1.807, 2.05) is 54.6 Å². The van der Waals surface area contributed by atoms with Gasteiger partial charge in [0.05, 0.1) is 12.0 Å². The fourth-order valence-corrected chi connectivity index (χ4v) is 4.16. The molecular weight excluding hydrogens is 364 g/mol. The van der Waals surface area contributed by atoms with Crippen LogP contribution in [0.15, 0.2) is 67.0 Å². The zero-order valence-corrected chi connectivity index (χ0v) is 16.6. The van der Waals surface area contributed by atoms with Crippen molar-refractivity contribution in [3.8, 4) is 0 Å². The number of carbonyl (C=O) groups excluding carboxylic acids is 2. The third kappa shape index (κ3) is 3.42. The van der Waals surface area contributed by atoms with E-state index in [2.05, 4.69) is 9.97 Å². The normalized spacial score (nSPS) is 18.0. The maximum absolute atomic E-state index is 13.5. The second-order valence-corrected chi connectivity index (χ2v) is 7.59. The molecular formula is C23H24N4O2. The predicted octanol–water partition coefficient (Wildman–Crippen LogP) is 2.92. The summed E-state index contributed by atoms with van der Waals surface area (Å²) in [6.07, 6.45) is 3.99. The molecule has 1 atom stereocenters. The summed E-state index contributed by atoms with van der Waals surface area (Å²) in [7, 11) is 3.53. The lowest BCUT2D eigenvalue weighted by Gasteiger charge is -2.30. The molecule has 148 valence electrons. The van der Waals surface area contributed by atoms with Crippen LogP contribution in [0.4, 0.5) is 5.69 Å².